The summed E-state index contributed by atoms with van der Waals surface area (Å²) in [7, 11) is -2.88. The molecule has 1 aromatic rings. The molecule has 2 aliphatic rings. The fourth-order valence-electron chi connectivity index (χ4n) is 2.90. The molecule has 1 aromatic carbocycles. The van der Waals surface area contributed by atoms with Crippen molar-refractivity contribution in [2.75, 3.05) is 20.1 Å². The number of aromatic hydroxyl groups is 1. The van der Waals surface area contributed by atoms with Gasteiger partial charge < -0.3 is 9.84 Å². The Morgan fingerprint density at radius 2 is 2.57 bits per heavy atom. The lowest BCUT2D eigenvalue weighted by atomic mass is 9.79. The first-order valence-electron chi connectivity index (χ1n) is 14.2. The van der Waals surface area contributed by atoms with Crippen LogP contribution in [-0.2, 0) is 11.2 Å². The number of carbonyl (C=O) groups is 1. The quantitative estimate of drug-likeness (QED) is 0.919. The van der Waals surface area contributed by atoms with Crippen LogP contribution in [0.4, 0.5) is 0 Å². The number of benzene rings is 1. The molecule has 23 heavy (non-hydrogen) atoms. The molecule has 4 heteroatoms. The molecule has 2 heterocycles. The van der Waals surface area contributed by atoms with Crippen molar-refractivity contribution in [2.45, 2.75) is 45.4 Å². The Labute approximate surface area is 158 Å². The first-order chi connectivity index (χ1) is 16.3. The molecular weight excluding hydrogens is 290 g/mol. The predicted octanol–water partition coefficient (Wildman–Crippen LogP) is 3.33. The number of rotatable bonds is 4. The lowest BCUT2D eigenvalue weighted by molar-refractivity contribution is -0.129. The van der Waals surface area contributed by atoms with Crippen LogP contribution >= 0.6 is 0 Å². The van der Waals surface area contributed by atoms with Gasteiger partial charge in [-0.3, -0.25) is 9.69 Å². The molecule has 1 fully saturated rings. The van der Waals surface area contributed by atoms with Crippen molar-refractivity contribution >= 4 is 5.78 Å². The molecule has 0 radical (unpaired) electrons. The average Bonchev–Trinajstić information content (AvgIpc) is 2.69. The van der Waals surface area contributed by atoms with Crippen LogP contribution in [-0.4, -0.2) is 35.9 Å². The maximum atomic E-state index is 13.5. The monoisotopic (exact) mass is 331 g/mol. The molecule has 2 aliphatic heterocycles. The number of piperidine rings is 1. The maximum absolute atomic E-state index is 13.5. The van der Waals surface area contributed by atoms with E-state index >= 15 is 0 Å². The van der Waals surface area contributed by atoms with Gasteiger partial charge in [0.2, 0.25) is 0 Å². The summed E-state index contributed by atoms with van der Waals surface area (Å²) in [4.78, 5) is 14.8. The largest absolute Gasteiger partial charge is 0.504 e. The first-order valence-corrected chi connectivity index (χ1v) is 7.17. The normalized spacial score (nSPS) is 43.7. The molecule has 0 aliphatic carbocycles. The number of fused-ring (bicyclic) bond motifs is 3. The van der Waals surface area contributed by atoms with E-state index in [-0.39, 0.29) is 24.3 Å². The van der Waals surface area contributed by atoms with Gasteiger partial charge in [-0.2, -0.15) is 0 Å². The molecule has 0 saturated carbocycles. The van der Waals surface area contributed by atoms with E-state index in [9.17, 15) is 9.90 Å². The highest BCUT2D eigenvalue weighted by molar-refractivity contribution is 5.83. The van der Waals surface area contributed by atoms with E-state index in [4.69, 9.17) is 23.9 Å². The topological polar surface area (TPSA) is 49.8 Å². The van der Waals surface area contributed by atoms with E-state index in [1.807, 2.05) is 0 Å². The average molecular weight is 332 g/mol. The highest BCUT2D eigenvalue weighted by atomic mass is 16.5. The third-order valence-electron chi connectivity index (χ3n) is 4.09. The number of nitrogens with zero attached hydrogens (tertiary/aromatic N) is 1. The summed E-state index contributed by atoms with van der Waals surface area (Å²) in [6.07, 6.45) is -9.72. The zero-order valence-electron chi connectivity index (χ0n) is 26.6. The molecule has 1 saturated heterocycles. The summed E-state index contributed by atoms with van der Waals surface area (Å²) in [5, 5.41) is 10.3. The Morgan fingerprint density at radius 1 is 1.70 bits per heavy atom. The fraction of sp³-hybridized carbons (Fsp3) is 0.632. The van der Waals surface area contributed by atoms with E-state index < -0.39 is 68.9 Å². The second kappa shape index (κ2) is 6.52. The number of phenols is 1. The van der Waals surface area contributed by atoms with Gasteiger partial charge in [0.05, 0.1) is 11.2 Å². The molecule has 3 atom stereocenters. The zero-order chi connectivity index (χ0) is 28.8. The number of hydrogen-bond donors (Lipinski definition) is 1. The molecule has 1 N–H and O–H groups in total. The highest BCUT2D eigenvalue weighted by Gasteiger charge is 2.38. The number of ether oxygens (including phenoxy) is 1. The Bertz CT molecular complexity index is 1080. The van der Waals surface area contributed by atoms with Gasteiger partial charge in [-0.15, -0.1) is 0 Å². The Balaban J connectivity index is 2.15. The third kappa shape index (κ3) is 3.09. The van der Waals surface area contributed by atoms with Crippen molar-refractivity contribution in [3.8, 4) is 11.5 Å². The van der Waals surface area contributed by atoms with E-state index in [0.717, 1.165) is 6.07 Å². The standard InChI is InChI=1S/C19H27NO3/c1-4-12(2)7-14-11-20-6-5-13-8-19(23-3)18(22)9-15(13)16(20)10-17(14)21/h8-9,12,14,16,22H,4-7,10-11H2,1-3H3/i2D3,3D3,4D2,7D2,10D2,12D,14D. The second-order valence-corrected chi connectivity index (χ2v) is 5.45. The molecular formula is C19H27NO3. The minimum Gasteiger partial charge on any atom is -0.504 e. The Hall–Kier alpha value is -1.55. The van der Waals surface area contributed by atoms with Gasteiger partial charge in [0.15, 0.2) is 11.5 Å². The molecule has 0 bridgehead atoms. The van der Waals surface area contributed by atoms with Crippen molar-refractivity contribution in [3.63, 3.8) is 0 Å². The van der Waals surface area contributed by atoms with Crippen LogP contribution in [0.25, 0.3) is 0 Å². The van der Waals surface area contributed by atoms with Gasteiger partial charge in [-0.25, -0.2) is 0 Å². The lowest BCUT2D eigenvalue weighted by Crippen LogP contribution is -2.46. The van der Waals surface area contributed by atoms with Crippen LogP contribution in [0.3, 0.4) is 0 Å². The fourth-order valence-corrected chi connectivity index (χ4v) is 2.90. The molecule has 0 amide bonds. The van der Waals surface area contributed by atoms with Crippen LogP contribution in [0.1, 0.15) is 69.3 Å². The van der Waals surface area contributed by atoms with Crippen LogP contribution in [0.5, 0.6) is 11.5 Å². The number of Topliss-reactive ketones (excluding diaryl/α,β-unsaturated/α-hetero) is 1. The minimum absolute atomic E-state index is 0.0707. The molecule has 3 unspecified atom stereocenters. The van der Waals surface area contributed by atoms with Gasteiger partial charge in [0, 0.05) is 46.5 Å². The van der Waals surface area contributed by atoms with Crippen molar-refractivity contribution in [1.29, 1.82) is 0 Å². The zero-order valence-corrected chi connectivity index (χ0v) is 12.6. The van der Waals surface area contributed by atoms with E-state index in [2.05, 4.69) is 0 Å². The van der Waals surface area contributed by atoms with Crippen LogP contribution in [0, 0.1) is 11.8 Å². The maximum Gasteiger partial charge on any atom is 0.160 e. The third-order valence-corrected chi connectivity index (χ3v) is 4.09. The summed E-state index contributed by atoms with van der Waals surface area (Å²) in [6.45, 7) is -3.90. The second-order valence-electron chi connectivity index (χ2n) is 5.45. The SMILES string of the molecule is [2H]C([2H])([2H])Oc1cc2c(cc1O)C1N(CC2)CC([2H])(C([2H])([2H])C([2H])(C([2H])([2H])[2H])C([2H])([2H])C)C(=O)C1([2H])[2H]. The smallest absolute Gasteiger partial charge is 0.160 e. The van der Waals surface area contributed by atoms with Gasteiger partial charge in [0.1, 0.15) is 5.78 Å². The molecule has 0 aromatic heterocycles. The Kier molecular flexibility index (Phi) is 1.81. The van der Waals surface area contributed by atoms with Crippen molar-refractivity contribution in [1.82, 2.24) is 4.90 Å². The number of hydrogen-bond acceptors (Lipinski definition) is 4. The van der Waals surface area contributed by atoms with E-state index in [0.29, 0.717) is 12.5 Å². The minimum atomic E-state index is -3.70. The molecule has 4 nitrogen and oxygen atoms in total. The number of phenolic OH excluding ortho intramolecular Hbond substituents is 1. The highest BCUT2D eigenvalue weighted by Crippen LogP contribution is 2.42. The summed E-state index contributed by atoms with van der Waals surface area (Å²) in [5.41, 5.74) is 0.416. The number of carbonyl (C=O) groups excluding carboxylic acids is 1. The number of ketones is 1. The summed E-state index contributed by atoms with van der Waals surface area (Å²) < 4.78 is 117. The van der Waals surface area contributed by atoms with Crippen LogP contribution in [0.2, 0.25) is 0 Å². The first kappa shape index (κ1) is 6.40. The Morgan fingerprint density at radius 3 is 3.30 bits per heavy atom. The number of methoxy groups -OCH3 is 1. The summed E-state index contributed by atoms with van der Waals surface area (Å²) in [6, 6.07) is 0.773. The predicted molar refractivity (Wildman–Crippen MR) is 89.9 cm³/mol. The van der Waals surface area contributed by atoms with E-state index in [1.165, 1.54) is 11.0 Å². The molecule has 0 spiro atoms. The van der Waals surface area contributed by atoms with Gasteiger partial charge in [-0.1, -0.05) is 20.1 Å². The molecule has 3 rings (SSSR count). The van der Waals surface area contributed by atoms with Crippen molar-refractivity contribution in [2.24, 2.45) is 11.8 Å². The summed E-state index contributed by atoms with van der Waals surface area (Å²) >= 11 is 0. The van der Waals surface area contributed by atoms with E-state index in [1.54, 1.807) is 0 Å². The van der Waals surface area contributed by atoms with Crippen LogP contribution in [0.15, 0.2) is 12.1 Å². The van der Waals surface area contributed by atoms with Crippen molar-refractivity contribution < 1.29 is 33.8 Å². The van der Waals surface area contributed by atoms with Gasteiger partial charge in [-0.05, 0) is 41.9 Å². The summed E-state index contributed by atoms with van der Waals surface area (Å²) in [5.74, 6) is -9.53. The molecule has 126 valence electrons. The van der Waals surface area contributed by atoms with Crippen LogP contribution < -0.4 is 4.74 Å². The van der Waals surface area contributed by atoms with Gasteiger partial charge >= 0.3 is 0 Å². The lowest BCUT2D eigenvalue weighted by Gasteiger charge is -2.43. The van der Waals surface area contributed by atoms with Gasteiger partial charge in [0.25, 0.3) is 0 Å². The van der Waals surface area contributed by atoms with Crippen molar-refractivity contribution in [3.05, 3.63) is 23.3 Å².